The van der Waals surface area contributed by atoms with Crippen LogP contribution >= 0.6 is 11.3 Å². The van der Waals surface area contributed by atoms with E-state index >= 15 is 0 Å². The average Bonchev–Trinajstić information content (AvgIpc) is 2.91. The first-order valence-corrected chi connectivity index (χ1v) is 6.76. The first-order chi connectivity index (χ1) is 9.40. The molecule has 0 bridgehead atoms. The Morgan fingerprint density at radius 1 is 1.25 bits per heavy atom. The van der Waals surface area contributed by atoms with Gasteiger partial charge in [-0.1, -0.05) is 6.07 Å². The Bertz CT molecular complexity index is 377. The fourth-order valence-corrected chi connectivity index (χ4v) is 1.92. The zero-order valence-corrected chi connectivity index (χ0v) is 11.8. The van der Waals surface area contributed by atoms with Gasteiger partial charge in [0.25, 0.3) is 0 Å². The lowest BCUT2D eigenvalue weighted by Gasteiger charge is -2.07. The summed E-state index contributed by atoms with van der Waals surface area (Å²) in [4.78, 5) is 21.0. The summed E-state index contributed by atoms with van der Waals surface area (Å²) in [7, 11) is 1.99. The summed E-state index contributed by atoms with van der Waals surface area (Å²) in [6.07, 6.45) is -2.06. The van der Waals surface area contributed by atoms with Gasteiger partial charge in [0.15, 0.2) is 12.2 Å². The van der Waals surface area contributed by atoms with Crippen molar-refractivity contribution in [1.29, 1.82) is 0 Å². The average molecular weight is 305 g/mol. The number of aliphatic hydroxyl groups excluding tert-OH is 2. The Morgan fingerprint density at radius 2 is 1.80 bits per heavy atom. The number of aliphatic carboxylic acids is 2. The van der Waals surface area contributed by atoms with E-state index in [-0.39, 0.29) is 0 Å². The molecule has 2 unspecified atom stereocenters. The molecule has 0 saturated carbocycles. The van der Waals surface area contributed by atoms with Gasteiger partial charge >= 0.3 is 11.9 Å². The van der Waals surface area contributed by atoms with Gasteiger partial charge in [-0.15, -0.1) is 11.3 Å². The minimum atomic E-state index is -2.27. The van der Waals surface area contributed by atoms with E-state index in [0.717, 1.165) is 6.54 Å². The number of hydrogen-bond donors (Lipinski definition) is 5. The molecule has 1 aromatic rings. The summed E-state index contributed by atoms with van der Waals surface area (Å²) in [6, 6.07) is 4.31. The predicted molar refractivity (Wildman–Crippen MR) is 73.9 cm³/mol. The second-order valence-corrected chi connectivity index (χ2v) is 4.88. The van der Waals surface area contributed by atoms with Crippen LogP contribution in [0.3, 0.4) is 0 Å². The van der Waals surface area contributed by atoms with Gasteiger partial charge in [-0.3, -0.25) is 0 Å². The summed E-state index contributed by atoms with van der Waals surface area (Å²) < 4.78 is 0. The Labute approximate surface area is 120 Å². The Kier molecular flexibility index (Phi) is 9.56. The summed E-state index contributed by atoms with van der Waals surface area (Å²) in [5.41, 5.74) is 0. The molecule has 0 aliphatic rings. The van der Waals surface area contributed by atoms with E-state index < -0.39 is 24.1 Å². The lowest BCUT2D eigenvalue weighted by atomic mass is 10.2. The maximum Gasteiger partial charge on any atom is 0.335 e. The molecular formula is C12H19NO6S. The van der Waals surface area contributed by atoms with Gasteiger partial charge in [0.1, 0.15) is 0 Å². The maximum atomic E-state index is 9.77. The SMILES string of the molecule is CNCCCc1cccs1.O=C(O)C(O)C(O)C(=O)O. The third kappa shape index (κ3) is 7.85. The molecule has 0 aliphatic carbocycles. The molecule has 0 amide bonds. The van der Waals surface area contributed by atoms with Crippen molar-refractivity contribution in [2.45, 2.75) is 25.0 Å². The number of carboxylic acids is 2. The minimum absolute atomic E-state index is 1.12. The fourth-order valence-electron chi connectivity index (χ4n) is 1.16. The highest BCUT2D eigenvalue weighted by molar-refractivity contribution is 7.09. The van der Waals surface area contributed by atoms with Crippen LogP contribution in [-0.4, -0.2) is 58.2 Å². The highest BCUT2D eigenvalue weighted by atomic mass is 32.1. The van der Waals surface area contributed by atoms with Crippen molar-refractivity contribution in [1.82, 2.24) is 5.32 Å². The van der Waals surface area contributed by atoms with Crippen LogP contribution in [0.2, 0.25) is 0 Å². The van der Waals surface area contributed by atoms with E-state index in [1.165, 1.54) is 17.7 Å². The summed E-state index contributed by atoms with van der Waals surface area (Å²) >= 11 is 1.85. The van der Waals surface area contributed by atoms with Gasteiger partial charge in [0.2, 0.25) is 0 Å². The third-order valence-electron chi connectivity index (χ3n) is 2.24. The number of hydrogen-bond acceptors (Lipinski definition) is 6. The number of thiophene rings is 1. The normalized spacial score (nSPS) is 12.9. The second-order valence-electron chi connectivity index (χ2n) is 3.85. The van der Waals surface area contributed by atoms with Crippen LogP contribution in [0.4, 0.5) is 0 Å². The van der Waals surface area contributed by atoms with Crippen molar-refractivity contribution in [3.05, 3.63) is 22.4 Å². The topological polar surface area (TPSA) is 127 Å². The number of aliphatic hydroxyl groups is 2. The number of rotatable bonds is 7. The van der Waals surface area contributed by atoms with E-state index in [1.807, 2.05) is 18.4 Å². The number of nitrogens with one attached hydrogen (secondary N) is 1. The maximum absolute atomic E-state index is 9.77. The van der Waals surface area contributed by atoms with Crippen molar-refractivity contribution in [2.75, 3.05) is 13.6 Å². The fraction of sp³-hybridized carbons (Fsp3) is 0.500. The zero-order valence-electron chi connectivity index (χ0n) is 11.0. The van der Waals surface area contributed by atoms with E-state index in [9.17, 15) is 9.59 Å². The third-order valence-corrected chi connectivity index (χ3v) is 3.17. The Balaban J connectivity index is 0.000000361. The van der Waals surface area contributed by atoms with Crippen LogP contribution in [0, 0.1) is 0 Å². The first kappa shape index (κ1) is 18.5. The monoisotopic (exact) mass is 305 g/mol. The molecule has 0 radical (unpaired) electrons. The van der Waals surface area contributed by atoms with Crippen molar-refractivity contribution in [2.24, 2.45) is 0 Å². The Morgan fingerprint density at radius 3 is 2.15 bits per heavy atom. The highest BCUT2D eigenvalue weighted by Gasteiger charge is 2.29. The summed E-state index contributed by atoms with van der Waals surface area (Å²) in [5, 5.41) is 37.8. The van der Waals surface area contributed by atoms with Gasteiger partial charge < -0.3 is 25.7 Å². The van der Waals surface area contributed by atoms with E-state index in [0.29, 0.717) is 0 Å². The molecule has 1 heterocycles. The number of carbonyl (C=O) groups is 2. The molecule has 0 spiro atoms. The largest absolute Gasteiger partial charge is 0.479 e. The molecule has 20 heavy (non-hydrogen) atoms. The first-order valence-electron chi connectivity index (χ1n) is 5.88. The molecule has 0 aliphatic heterocycles. The van der Waals surface area contributed by atoms with E-state index in [1.54, 1.807) is 0 Å². The van der Waals surface area contributed by atoms with Crippen LogP contribution < -0.4 is 5.32 Å². The van der Waals surface area contributed by atoms with Gasteiger partial charge in [0.05, 0.1) is 0 Å². The van der Waals surface area contributed by atoms with Crippen molar-refractivity contribution in [3.63, 3.8) is 0 Å². The molecular weight excluding hydrogens is 286 g/mol. The summed E-state index contributed by atoms with van der Waals surface area (Å²) in [5.74, 6) is -3.54. The standard InChI is InChI=1S/C8H13NS.C4H6O6/c1-9-6-2-4-8-5-3-7-10-8;5-1(3(7)8)2(6)4(9)10/h3,5,7,9H,2,4,6H2,1H3;1-2,5-6H,(H,7,8)(H,9,10). The van der Waals surface area contributed by atoms with Crippen LogP contribution in [0.25, 0.3) is 0 Å². The quantitative estimate of drug-likeness (QED) is 0.441. The van der Waals surface area contributed by atoms with Crippen LogP contribution in [-0.2, 0) is 16.0 Å². The molecule has 1 aromatic heterocycles. The molecule has 0 saturated heterocycles. The molecule has 0 fully saturated rings. The van der Waals surface area contributed by atoms with Crippen LogP contribution in [0.5, 0.6) is 0 Å². The van der Waals surface area contributed by atoms with E-state index in [2.05, 4.69) is 22.8 Å². The van der Waals surface area contributed by atoms with Crippen LogP contribution in [0.15, 0.2) is 17.5 Å². The van der Waals surface area contributed by atoms with Gasteiger partial charge in [-0.25, -0.2) is 9.59 Å². The predicted octanol–water partition coefficient (Wildman–Crippen LogP) is -0.223. The molecule has 114 valence electrons. The smallest absolute Gasteiger partial charge is 0.335 e. The molecule has 8 heteroatoms. The molecule has 7 nitrogen and oxygen atoms in total. The highest BCUT2D eigenvalue weighted by Crippen LogP contribution is 2.09. The van der Waals surface area contributed by atoms with Crippen LogP contribution in [0.1, 0.15) is 11.3 Å². The second kappa shape index (κ2) is 10.3. The molecule has 5 N–H and O–H groups in total. The zero-order chi connectivity index (χ0) is 15.5. The lowest BCUT2D eigenvalue weighted by Crippen LogP contribution is -2.39. The van der Waals surface area contributed by atoms with Crippen molar-refractivity contribution in [3.8, 4) is 0 Å². The lowest BCUT2D eigenvalue weighted by molar-refractivity contribution is -0.165. The van der Waals surface area contributed by atoms with Gasteiger partial charge in [-0.05, 0) is 37.9 Å². The van der Waals surface area contributed by atoms with E-state index in [4.69, 9.17) is 20.4 Å². The van der Waals surface area contributed by atoms with Crippen molar-refractivity contribution < 1.29 is 30.0 Å². The van der Waals surface area contributed by atoms with Gasteiger partial charge in [0, 0.05) is 4.88 Å². The number of carboxylic acid groups (broad SMARTS) is 2. The minimum Gasteiger partial charge on any atom is -0.479 e. The number of aryl methyl sites for hydroxylation is 1. The molecule has 1 rings (SSSR count). The summed E-state index contributed by atoms with van der Waals surface area (Å²) in [6.45, 7) is 1.12. The Hall–Kier alpha value is -1.48. The van der Waals surface area contributed by atoms with Gasteiger partial charge in [-0.2, -0.15) is 0 Å². The van der Waals surface area contributed by atoms with Crippen molar-refractivity contribution >= 4 is 23.3 Å². The molecule has 0 aromatic carbocycles. The molecule has 2 atom stereocenters.